The summed E-state index contributed by atoms with van der Waals surface area (Å²) in [5, 5.41) is 10.0. The van der Waals surface area contributed by atoms with E-state index in [2.05, 4.69) is 0 Å². The lowest BCUT2D eigenvalue weighted by atomic mass is 10.1. The van der Waals surface area contributed by atoms with Gasteiger partial charge in [-0.15, -0.1) is 0 Å². The molecular weight excluding hydrogens is 283 g/mol. The smallest absolute Gasteiger partial charge is 0.123 e. The van der Waals surface area contributed by atoms with Crippen LogP contribution < -0.4 is 0 Å². The molecule has 2 atom stereocenters. The molecule has 0 saturated heterocycles. The third-order valence-electron chi connectivity index (χ3n) is 2.73. The van der Waals surface area contributed by atoms with E-state index >= 15 is 0 Å². The van der Waals surface area contributed by atoms with E-state index in [4.69, 9.17) is 11.2 Å². The van der Waals surface area contributed by atoms with Gasteiger partial charge in [0, 0.05) is 4.90 Å². The largest absolute Gasteiger partial charge is 0.387 e. The molecule has 2 unspecified atom stereocenters. The van der Waals surface area contributed by atoms with Crippen molar-refractivity contribution < 1.29 is 13.7 Å². The standard InChI is InChI=1S/C14H13FO2S2/c15-12-8-6-11(7-9-12)14(16)10-19(17,18)13-4-2-1-3-5-13/h1-9,14,16H,10H2. The predicted octanol–water partition coefficient (Wildman–Crippen LogP) is 2.66. The van der Waals surface area contributed by atoms with Gasteiger partial charge in [-0.2, -0.15) is 0 Å². The van der Waals surface area contributed by atoms with Crippen molar-refractivity contribution in [1.29, 1.82) is 0 Å². The van der Waals surface area contributed by atoms with Gasteiger partial charge in [0.15, 0.2) is 0 Å². The molecular formula is C14H13FO2S2. The normalized spacial score (nSPS) is 15.7. The lowest BCUT2D eigenvalue weighted by Crippen LogP contribution is -2.13. The van der Waals surface area contributed by atoms with Crippen molar-refractivity contribution in [2.45, 2.75) is 11.0 Å². The van der Waals surface area contributed by atoms with E-state index in [-0.39, 0.29) is 11.6 Å². The first-order valence-corrected chi connectivity index (χ1v) is 8.35. The van der Waals surface area contributed by atoms with Gasteiger partial charge in [-0.1, -0.05) is 30.3 Å². The van der Waals surface area contributed by atoms with E-state index in [9.17, 15) is 13.7 Å². The van der Waals surface area contributed by atoms with Crippen molar-refractivity contribution >= 4 is 19.7 Å². The summed E-state index contributed by atoms with van der Waals surface area (Å²) in [5.74, 6) is -0.434. The average molecular weight is 296 g/mol. The second-order valence-electron chi connectivity index (χ2n) is 4.16. The molecule has 100 valence electrons. The van der Waals surface area contributed by atoms with Crippen LogP contribution in [-0.4, -0.2) is 15.1 Å². The molecule has 2 nitrogen and oxygen atoms in total. The Morgan fingerprint density at radius 1 is 1.11 bits per heavy atom. The second kappa shape index (κ2) is 5.77. The summed E-state index contributed by atoms with van der Waals surface area (Å²) < 4.78 is 25.2. The van der Waals surface area contributed by atoms with Gasteiger partial charge in [0.2, 0.25) is 0 Å². The molecule has 2 rings (SSSR count). The quantitative estimate of drug-likeness (QED) is 0.942. The van der Waals surface area contributed by atoms with Gasteiger partial charge >= 0.3 is 0 Å². The third kappa shape index (κ3) is 3.59. The Bertz CT molecular complexity index is 637. The Hall–Kier alpha value is -1.30. The third-order valence-corrected chi connectivity index (χ3v) is 5.46. The van der Waals surface area contributed by atoms with Crippen LogP contribution in [0.5, 0.6) is 0 Å². The molecule has 0 spiro atoms. The Morgan fingerprint density at radius 3 is 2.26 bits per heavy atom. The first-order valence-electron chi connectivity index (χ1n) is 5.70. The molecule has 19 heavy (non-hydrogen) atoms. The first-order chi connectivity index (χ1) is 8.99. The van der Waals surface area contributed by atoms with E-state index in [1.165, 1.54) is 24.3 Å². The number of aliphatic hydroxyl groups is 1. The van der Waals surface area contributed by atoms with Crippen LogP contribution in [0.3, 0.4) is 0 Å². The number of rotatable bonds is 4. The van der Waals surface area contributed by atoms with Crippen molar-refractivity contribution in [1.82, 2.24) is 0 Å². The lowest BCUT2D eigenvalue weighted by molar-refractivity contribution is 0.203. The fourth-order valence-electron chi connectivity index (χ4n) is 1.71. The highest BCUT2D eigenvalue weighted by Crippen LogP contribution is 2.20. The Morgan fingerprint density at radius 2 is 1.68 bits per heavy atom. The zero-order chi connectivity index (χ0) is 13.9. The van der Waals surface area contributed by atoms with Crippen LogP contribution in [0.2, 0.25) is 0 Å². The minimum Gasteiger partial charge on any atom is -0.387 e. The van der Waals surface area contributed by atoms with Gasteiger partial charge in [0.1, 0.15) is 5.82 Å². The van der Waals surface area contributed by atoms with Crippen LogP contribution in [0.4, 0.5) is 4.39 Å². The highest BCUT2D eigenvalue weighted by molar-refractivity contribution is 8.33. The predicted molar refractivity (Wildman–Crippen MR) is 76.4 cm³/mol. The van der Waals surface area contributed by atoms with Crippen LogP contribution in [0, 0.1) is 5.82 Å². The topological polar surface area (TPSA) is 37.3 Å². The molecule has 0 amide bonds. The van der Waals surface area contributed by atoms with E-state index in [0.717, 1.165) is 0 Å². The van der Waals surface area contributed by atoms with E-state index in [0.29, 0.717) is 10.5 Å². The van der Waals surface area contributed by atoms with Crippen LogP contribution in [0.1, 0.15) is 11.7 Å². The molecule has 1 N–H and O–H groups in total. The van der Waals surface area contributed by atoms with E-state index in [1.807, 2.05) is 6.07 Å². The van der Waals surface area contributed by atoms with E-state index < -0.39 is 14.6 Å². The Labute approximate surface area is 116 Å². The summed E-state index contributed by atoms with van der Waals surface area (Å²) in [7, 11) is -2.73. The number of aliphatic hydroxyl groups excluding tert-OH is 1. The summed E-state index contributed by atoms with van der Waals surface area (Å²) in [6.07, 6.45) is -0.967. The van der Waals surface area contributed by atoms with Crippen molar-refractivity contribution in [3.8, 4) is 0 Å². The number of hydrogen-bond donors (Lipinski definition) is 1. The summed E-state index contributed by atoms with van der Waals surface area (Å²) >= 11 is 5.11. The monoisotopic (exact) mass is 296 g/mol. The van der Waals surface area contributed by atoms with Crippen molar-refractivity contribution in [3.05, 3.63) is 66.0 Å². The molecule has 0 fully saturated rings. The Balaban J connectivity index is 2.19. The van der Waals surface area contributed by atoms with Crippen LogP contribution >= 0.6 is 0 Å². The zero-order valence-corrected chi connectivity index (χ0v) is 11.7. The van der Waals surface area contributed by atoms with Gasteiger partial charge in [-0.3, -0.25) is 4.21 Å². The fourth-order valence-corrected chi connectivity index (χ4v) is 3.81. The highest BCUT2D eigenvalue weighted by Gasteiger charge is 2.17. The maximum Gasteiger partial charge on any atom is 0.123 e. The maximum absolute atomic E-state index is 12.8. The molecule has 0 saturated carbocycles. The van der Waals surface area contributed by atoms with Gasteiger partial charge in [0.25, 0.3) is 0 Å². The lowest BCUT2D eigenvalue weighted by Gasteiger charge is -2.13. The maximum atomic E-state index is 12.8. The summed E-state index contributed by atoms with van der Waals surface area (Å²) in [6, 6.07) is 14.1. The molecule has 0 heterocycles. The zero-order valence-electron chi connectivity index (χ0n) is 10.0. The van der Waals surface area contributed by atoms with Crippen LogP contribution in [0.15, 0.2) is 59.5 Å². The van der Waals surface area contributed by atoms with Crippen molar-refractivity contribution in [2.75, 3.05) is 5.75 Å². The van der Waals surface area contributed by atoms with Crippen molar-refractivity contribution in [2.24, 2.45) is 0 Å². The van der Waals surface area contributed by atoms with Crippen LogP contribution in [0.25, 0.3) is 0 Å². The molecule has 0 aliphatic heterocycles. The molecule has 0 aliphatic carbocycles. The fraction of sp³-hybridized carbons (Fsp3) is 0.143. The molecule has 0 radical (unpaired) electrons. The summed E-state index contributed by atoms with van der Waals surface area (Å²) in [5.41, 5.74) is 0.509. The van der Waals surface area contributed by atoms with Gasteiger partial charge in [0.05, 0.1) is 20.3 Å². The highest BCUT2D eigenvalue weighted by atomic mass is 32.8. The molecule has 2 aromatic rings. The number of benzene rings is 2. The second-order valence-corrected chi connectivity index (χ2v) is 7.81. The Kier molecular flexibility index (Phi) is 4.29. The molecule has 0 aliphatic rings. The minimum atomic E-state index is -2.73. The van der Waals surface area contributed by atoms with Gasteiger partial charge in [-0.25, -0.2) is 4.39 Å². The average Bonchev–Trinajstić information content (AvgIpc) is 2.40. The van der Waals surface area contributed by atoms with Gasteiger partial charge in [-0.05, 0) is 41.0 Å². The minimum absolute atomic E-state index is 0.0576. The molecule has 0 bridgehead atoms. The summed E-state index contributed by atoms with van der Waals surface area (Å²) in [4.78, 5) is 0.533. The summed E-state index contributed by atoms with van der Waals surface area (Å²) in [6.45, 7) is 0. The first kappa shape index (κ1) is 14.1. The number of halogens is 1. The molecule has 2 aromatic carbocycles. The van der Waals surface area contributed by atoms with E-state index in [1.54, 1.807) is 24.3 Å². The SMILES string of the molecule is O=S(=S)(CC(O)c1ccc(F)cc1)c1ccccc1. The number of hydrogen-bond acceptors (Lipinski definition) is 3. The van der Waals surface area contributed by atoms with Crippen molar-refractivity contribution in [3.63, 3.8) is 0 Å². The van der Waals surface area contributed by atoms with Gasteiger partial charge < -0.3 is 5.11 Å². The molecule has 0 aromatic heterocycles. The molecule has 5 heteroatoms. The van der Waals surface area contributed by atoms with Crippen LogP contribution in [-0.2, 0) is 19.7 Å².